The van der Waals surface area contributed by atoms with E-state index in [0.29, 0.717) is 17.4 Å². The second kappa shape index (κ2) is 56.2. The molecule has 2 N–H and O–H groups in total. The molecule has 0 rings (SSSR count). The summed E-state index contributed by atoms with van der Waals surface area (Å²) in [6, 6.07) is -0.883. The third kappa shape index (κ3) is 57.4. The van der Waals surface area contributed by atoms with Crippen LogP contribution in [-0.2, 0) is 27.9 Å². The number of phosphoric ester groups is 1. The summed E-state index contributed by atoms with van der Waals surface area (Å²) in [6.07, 6.45) is 75.6. The molecule has 444 valence electrons. The fraction of sp³-hybridized carbons (Fsp3) is 0.731. The van der Waals surface area contributed by atoms with Crippen molar-refractivity contribution < 1.29 is 37.3 Å². The van der Waals surface area contributed by atoms with Gasteiger partial charge in [-0.2, -0.15) is 0 Å². The number of phosphoric acid groups is 1. The Morgan fingerprint density at radius 1 is 0.455 bits per heavy atom. The molecule has 77 heavy (non-hydrogen) atoms. The lowest BCUT2D eigenvalue weighted by atomic mass is 10.0. The summed E-state index contributed by atoms with van der Waals surface area (Å²) in [5, 5.41) is 3.02. The van der Waals surface area contributed by atoms with E-state index in [4.69, 9.17) is 13.8 Å². The summed E-state index contributed by atoms with van der Waals surface area (Å²) in [5.41, 5.74) is 0. The van der Waals surface area contributed by atoms with Crippen molar-refractivity contribution in [2.75, 3.05) is 40.9 Å². The lowest BCUT2D eigenvalue weighted by Gasteiger charge is -2.27. The maximum atomic E-state index is 13.5. The molecule has 0 aromatic heterocycles. The SMILES string of the molecule is CCCCC/C=C\C/C=C\C/C=C\C/C=C\CCCC(=O)NC(COP(=O)(O)OCC[N+](C)(C)C)C(/C=C\CCCCCCCCCCC)OC(=O)CCCCCCCCCCCC/C=C\C/C=C\C/C=C\CCCCC. The van der Waals surface area contributed by atoms with Crippen molar-refractivity contribution in [1.29, 1.82) is 0 Å². The molecule has 0 aliphatic heterocycles. The first-order valence-corrected chi connectivity index (χ1v) is 33.1. The van der Waals surface area contributed by atoms with E-state index in [1.54, 1.807) is 0 Å². The van der Waals surface area contributed by atoms with Gasteiger partial charge in [0.15, 0.2) is 0 Å². The molecule has 9 nitrogen and oxygen atoms in total. The van der Waals surface area contributed by atoms with Crippen LogP contribution in [0.3, 0.4) is 0 Å². The van der Waals surface area contributed by atoms with Crippen molar-refractivity contribution in [2.45, 2.75) is 277 Å². The first-order chi connectivity index (χ1) is 37.4. The summed E-state index contributed by atoms with van der Waals surface area (Å²) < 4.78 is 30.6. The molecular formula is C67H120N2O7P+. The van der Waals surface area contributed by atoms with Crippen molar-refractivity contribution in [3.05, 3.63) is 97.2 Å². The largest absolute Gasteiger partial charge is 0.472 e. The van der Waals surface area contributed by atoms with Crippen LogP contribution in [0.2, 0.25) is 0 Å². The lowest BCUT2D eigenvalue weighted by molar-refractivity contribution is -0.870. The number of likely N-dealkylation sites (N-methyl/N-ethyl adjacent to an activating group) is 1. The first kappa shape index (κ1) is 73.9. The minimum Gasteiger partial charge on any atom is -0.456 e. The van der Waals surface area contributed by atoms with Crippen molar-refractivity contribution in [2.24, 2.45) is 0 Å². The molecule has 0 bridgehead atoms. The van der Waals surface area contributed by atoms with Crippen LogP contribution < -0.4 is 5.32 Å². The highest BCUT2D eigenvalue weighted by Crippen LogP contribution is 2.43. The monoisotopic (exact) mass is 1100 g/mol. The molecule has 1 amide bonds. The van der Waals surface area contributed by atoms with E-state index in [-0.39, 0.29) is 37.9 Å². The van der Waals surface area contributed by atoms with Crippen LogP contribution in [0.5, 0.6) is 0 Å². The molecule has 3 unspecified atom stereocenters. The number of unbranched alkanes of at least 4 members (excludes halogenated alkanes) is 26. The van der Waals surface area contributed by atoms with Crippen LogP contribution in [0.1, 0.15) is 265 Å². The van der Waals surface area contributed by atoms with E-state index in [2.05, 4.69) is 111 Å². The maximum absolute atomic E-state index is 13.5. The smallest absolute Gasteiger partial charge is 0.456 e. The molecule has 3 atom stereocenters. The van der Waals surface area contributed by atoms with Crippen LogP contribution >= 0.6 is 7.82 Å². The normalized spacial score (nSPS) is 14.3. The van der Waals surface area contributed by atoms with E-state index in [1.165, 1.54) is 135 Å². The number of esters is 1. The number of amides is 1. The molecular weight excluding hydrogens is 976 g/mol. The van der Waals surface area contributed by atoms with Gasteiger partial charge in [-0.1, -0.05) is 240 Å². The Morgan fingerprint density at radius 2 is 0.805 bits per heavy atom. The average molecular weight is 1100 g/mol. The van der Waals surface area contributed by atoms with Crippen LogP contribution in [0.25, 0.3) is 0 Å². The maximum Gasteiger partial charge on any atom is 0.472 e. The molecule has 0 radical (unpaired) electrons. The van der Waals surface area contributed by atoms with Gasteiger partial charge in [-0.15, -0.1) is 0 Å². The molecule has 0 heterocycles. The number of carbonyl (C=O) groups excluding carboxylic acids is 2. The van der Waals surface area contributed by atoms with Gasteiger partial charge >= 0.3 is 13.8 Å². The highest BCUT2D eigenvalue weighted by molar-refractivity contribution is 7.47. The number of hydrogen-bond donors (Lipinski definition) is 2. The number of nitrogens with one attached hydrogen (secondary N) is 1. The quantitative estimate of drug-likeness (QED) is 0.0205. The van der Waals surface area contributed by atoms with Gasteiger partial charge in [0.25, 0.3) is 0 Å². The van der Waals surface area contributed by atoms with Crippen molar-refractivity contribution in [3.63, 3.8) is 0 Å². The third-order valence-corrected chi connectivity index (χ3v) is 14.5. The van der Waals surface area contributed by atoms with Gasteiger partial charge in [0.05, 0.1) is 33.8 Å². The molecule has 0 aromatic carbocycles. The van der Waals surface area contributed by atoms with E-state index >= 15 is 0 Å². The number of ether oxygens (including phenoxy) is 1. The molecule has 0 saturated carbocycles. The number of hydrogen-bond acceptors (Lipinski definition) is 6. The molecule has 10 heteroatoms. The Labute approximate surface area is 475 Å². The number of quaternary nitrogens is 1. The minimum absolute atomic E-state index is 0.0254. The Hall–Kier alpha value is -3.07. The van der Waals surface area contributed by atoms with Gasteiger partial charge in [0, 0.05) is 12.8 Å². The minimum atomic E-state index is -4.47. The Bertz CT molecular complexity index is 1640. The van der Waals surface area contributed by atoms with Crippen LogP contribution in [0, 0.1) is 0 Å². The Kier molecular flexibility index (Phi) is 54.0. The van der Waals surface area contributed by atoms with Gasteiger partial charge in [0.1, 0.15) is 19.3 Å². The highest BCUT2D eigenvalue weighted by Gasteiger charge is 2.30. The van der Waals surface area contributed by atoms with Gasteiger partial charge in [-0.3, -0.25) is 18.6 Å². The second-order valence-electron chi connectivity index (χ2n) is 22.2. The Morgan fingerprint density at radius 3 is 1.23 bits per heavy atom. The van der Waals surface area contributed by atoms with Crippen molar-refractivity contribution in [1.82, 2.24) is 5.32 Å². The number of allylic oxidation sites excluding steroid dienone is 15. The predicted molar refractivity (Wildman–Crippen MR) is 332 cm³/mol. The number of rotatable bonds is 56. The van der Waals surface area contributed by atoms with Crippen LogP contribution in [0.15, 0.2) is 97.2 Å². The molecule has 0 aliphatic rings. The van der Waals surface area contributed by atoms with E-state index < -0.39 is 20.0 Å². The van der Waals surface area contributed by atoms with Crippen LogP contribution in [0.4, 0.5) is 0 Å². The molecule has 0 aromatic rings. The Balaban J connectivity index is 5.25. The fourth-order valence-corrected chi connectivity index (χ4v) is 9.32. The number of carbonyl (C=O) groups is 2. The van der Waals surface area contributed by atoms with Gasteiger partial charge in [0.2, 0.25) is 5.91 Å². The van der Waals surface area contributed by atoms with E-state index in [9.17, 15) is 19.0 Å². The van der Waals surface area contributed by atoms with E-state index in [0.717, 1.165) is 89.9 Å². The van der Waals surface area contributed by atoms with Gasteiger partial charge in [-0.25, -0.2) is 4.57 Å². The van der Waals surface area contributed by atoms with Crippen molar-refractivity contribution >= 4 is 19.7 Å². The summed E-state index contributed by atoms with van der Waals surface area (Å²) in [4.78, 5) is 37.7. The summed E-state index contributed by atoms with van der Waals surface area (Å²) in [7, 11) is 1.45. The molecule has 0 spiro atoms. The predicted octanol–water partition coefficient (Wildman–Crippen LogP) is 19.6. The van der Waals surface area contributed by atoms with Crippen molar-refractivity contribution in [3.8, 4) is 0 Å². The third-order valence-electron chi connectivity index (χ3n) is 13.5. The average Bonchev–Trinajstić information content (AvgIpc) is 3.39. The molecule has 0 saturated heterocycles. The van der Waals surface area contributed by atoms with Gasteiger partial charge in [-0.05, 0) is 109 Å². The summed E-state index contributed by atoms with van der Waals surface area (Å²) >= 11 is 0. The highest BCUT2D eigenvalue weighted by atomic mass is 31.2. The van der Waals surface area contributed by atoms with Gasteiger partial charge < -0.3 is 19.4 Å². The standard InChI is InChI=1S/C67H119N2O7P/c1-7-10-13-16-19-22-25-27-29-31-32-33-34-35-36-38-40-42-45-48-51-54-57-60-67(71)76-65(58-55-52-49-46-43-24-21-18-15-12-9-3)64(63-75-77(72,73)74-62-61-69(4,5)6)68-66(70)59-56-53-50-47-44-41-39-37-30-28-26-23-20-17-14-11-8-2/h19-20,22-23,27-30,32-33,39,41,47,50,55,58,64-65H,7-18,21,24-26,31,34-38,40,42-46,48-49,51-54,56-57,59-63H2,1-6H3,(H-,68,70,72,73)/p+1/b22-19-,23-20-,29-27-,30-28-,33-32-,41-39-,50-47-,58-55-. The zero-order valence-electron chi connectivity index (χ0n) is 50.7. The fourth-order valence-electron chi connectivity index (χ4n) is 8.59. The van der Waals surface area contributed by atoms with Crippen LogP contribution in [-0.4, -0.2) is 74.3 Å². The number of nitrogens with zero attached hydrogens (tertiary/aromatic N) is 1. The topological polar surface area (TPSA) is 111 Å². The lowest BCUT2D eigenvalue weighted by Crippen LogP contribution is -2.47. The summed E-state index contributed by atoms with van der Waals surface area (Å²) in [5.74, 6) is -0.578. The second-order valence-corrected chi connectivity index (χ2v) is 23.7. The van der Waals surface area contributed by atoms with E-state index in [1.807, 2.05) is 33.3 Å². The first-order valence-electron chi connectivity index (χ1n) is 31.6. The zero-order chi connectivity index (χ0) is 56.4. The molecule has 0 fully saturated rings. The summed E-state index contributed by atoms with van der Waals surface area (Å²) in [6.45, 7) is 6.90. The zero-order valence-corrected chi connectivity index (χ0v) is 51.6. The molecule has 0 aliphatic carbocycles.